The van der Waals surface area contributed by atoms with Crippen LogP contribution in [0.3, 0.4) is 0 Å². The molecule has 0 bridgehead atoms. The van der Waals surface area contributed by atoms with Crippen molar-refractivity contribution in [2.24, 2.45) is 0 Å². The Morgan fingerprint density at radius 3 is 3.00 bits per heavy atom. The lowest BCUT2D eigenvalue weighted by Gasteiger charge is -2.10. The first-order valence-electron chi connectivity index (χ1n) is 8.10. The van der Waals surface area contributed by atoms with Crippen molar-refractivity contribution in [1.29, 1.82) is 0 Å². The fraction of sp³-hybridized carbons (Fsp3) is 0.167. The number of hydrogen-bond donors (Lipinski definition) is 1. The maximum Gasteiger partial charge on any atom is 0.234 e. The van der Waals surface area contributed by atoms with Gasteiger partial charge in [-0.15, -0.1) is 10.2 Å². The molecule has 3 aromatic rings. The smallest absolute Gasteiger partial charge is 0.234 e. The van der Waals surface area contributed by atoms with Crippen LogP contribution in [0.15, 0.2) is 53.9 Å². The summed E-state index contributed by atoms with van der Waals surface area (Å²) in [6.07, 6.45) is 1.59. The SMILES string of the molecule is COc1ccccc1-n1cnnc1SCC(=O)Nc1ccc2c(c1)OCO2. The highest BCUT2D eigenvalue weighted by Crippen LogP contribution is 2.34. The standard InChI is InChI=1S/C18H16N4O4S/c1-24-14-5-3-2-4-13(14)22-10-19-21-18(22)27-9-17(23)20-12-6-7-15-16(8-12)26-11-25-15/h2-8,10H,9,11H2,1H3,(H,20,23). The first kappa shape index (κ1) is 17.2. The third kappa shape index (κ3) is 3.68. The van der Waals surface area contributed by atoms with E-state index >= 15 is 0 Å². The summed E-state index contributed by atoms with van der Waals surface area (Å²) in [5.74, 6) is 2.02. The number of anilines is 1. The Kier molecular flexibility index (Phi) is 4.84. The van der Waals surface area contributed by atoms with Crippen LogP contribution in [0.1, 0.15) is 0 Å². The normalized spacial score (nSPS) is 12.0. The predicted molar refractivity (Wildman–Crippen MR) is 99.8 cm³/mol. The van der Waals surface area contributed by atoms with Crippen LogP contribution in [0.2, 0.25) is 0 Å². The molecule has 27 heavy (non-hydrogen) atoms. The number of rotatable bonds is 6. The molecule has 0 saturated carbocycles. The molecule has 0 fully saturated rings. The van der Waals surface area contributed by atoms with Crippen molar-refractivity contribution >= 4 is 23.4 Å². The molecule has 9 heteroatoms. The van der Waals surface area contributed by atoms with Crippen molar-refractivity contribution in [3.05, 3.63) is 48.8 Å². The van der Waals surface area contributed by atoms with Crippen LogP contribution in [0, 0.1) is 0 Å². The van der Waals surface area contributed by atoms with Gasteiger partial charge in [-0.1, -0.05) is 23.9 Å². The average Bonchev–Trinajstić information content (AvgIpc) is 3.35. The molecule has 1 aromatic heterocycles. The minimum Gasteiger partial charge on any atom is -0.495 e. The summed E-state index contributed by atoms with van der Waals surface area (Å²) in [4.78, 5) is 12.3. The summed E-state index contributed by atoms with van der Waals surface area (Å²) >= 11 is 1.29. The Morgan fingerprint density at radius 1 is 1.26 bits per heavy atom. The van der Waals surface area contributed by atoms with Gasteiger partial charge in [0, 0.05) is 11.8 Å². The van der Waals surface area contributed by atoms with E-state index in [-0.39, 0.29) is 18.5 Å². The quantitative estimate of drug-likeness (QED) is 0.654. The Hall–Kier alpha value is -3.20. The maximum absolute atomic E-state index is 12.3. The van der Waals surface area contributed by atoms with E-state index in [9.17, 15) is 4.79 Å². The zero-order chi connectivity index (χ0) is 18.6. The van der Waals surface area contributed by atoms with E-state index in [0.29, 0.717) is 28.1 Å². The summed E-state index contributed by atoms with van der Waals surface area (Å²) in [6, 6.07) is 12.8. The van der Waals surface area contributed by atoms with E-state index in [0.717, 1.165) is 5.69 Å². The summed E-state index contributed by atoms with van der Waals surface area (Å²) in [6.45, 7) is 0.196. The molecule has 1 aliphatic heterocycles. The highest BCUT2D eigenvalue weighted by Gasteiger charge is 2.16. The van der Waals surface area contributed by atoms with Gasteiger partial charge in [-0.25, -0.2) is 0 Å². The number of carbonyl (C=O) groups excluding carboxylic acids is 1. The van der Waals surface area contributed by atoms with Crippen molar-refractivity contribution in [2.45, 2.75) is 5.16 Å². The second-order valence-corrected chi connectivity index (χ2v) is 6.50. The number of fused-ring (bicyclic) bond motifs is 1. The number of para-hydroxylation sites is 2. The Morgan fingerprint density at radius 2 is 2.11 bits per heavy atom. The van der Waals surface area contributed by atoms with Gasteiger partial charge >= 0.3 is 0 Å². The number of thioether (sulfide) groups is 1. The van der Waals surface area contributed by atoms with Gasteiger partial charge in [0.05, 0.1) is 18.6 Å². The number of nitrogens with zero attached hydrogens (tertiary/aromatic N) is 3. The number of ether oxygens (including phenoxy) is 3. The molecule has 0 spiro atoms. The first-order valence-corrected chi connectivity index (χ1v) is 9.09. The second-order valence-electron chi connectivity index (χ2n) is 5.56. The van der Waals surface area contributed by atoms with Gasteiger partial charge in [-0.3, -0.25) is 9.36 Å². The monoisotopic (exact) mass is 384 g/mol. The summed E-state index contributed by atoms with van der Waals surface area (Å²) in [7, 11) is 1.61. The molecule has 8 nitrogen and oxygen atoms in total. The van der Waals surface area contributed by atoms with Crippen LogP contribution >= 0.6 is 11.8 Å². The largest absolute Gasteiger partial charge is 0.495 e. The molecule has 0 saturated heterocycles. The third-order valence-corrected chi connectivity index (χ3v) is 4.79. The van der Waals surface area contributed by atoms with Gasteiger partial charge in [0.1, 0.15) is 12.1 Å². The van der Waals surface area contributed by atoms with Crippen molar-refractivity contribution in [2.75, 3.05) is 25.0 Å². The molecule has 4 rings (SSSR count). The second kappa shape index (κ2) is 7.58. The van der Waals surface area contributed by atoms with E-state index in [1.165, 1.54) is 11.8 Å². The van der Waals surface area contributed by atoms with Gasteiger partial charge in [0.25, 0.3) is 0 Å². The van der Waals surface area contributed by atoms with Gasteiger partial charge in [0.15, 0.2) is 16.7 Å². The van der Waals surface area contributed by atoms with E-state index in [2.05, 4.69) is 15.5 Å². The first-order chi connectivity index (χ1) is 13.2. The lowest BCUT2D eigenvalue weighted by atomic mass is 10.3. The number of benzene rings is 2. The van der Waals surface area contributed by atoms with Crippen molar-refractivity contribution in [3.8, 4) is 22.9 Å². The Labute approximate surface area is 159 Å². The highest BCUT2D eigenvalue weighted by atomic mass is 32.2. The minimum atomic E-state index is -0.159. The fourth-order valence-electron chi connectivity index (χ4n) is 2.62. The topological polar surface area (TPSA) is 87.5 Å². The van der Waals surface area contributed by atoms with Crippen molar-refractivity contribution in [1.82, 2.24) is 14.8 Å². The number of hydrogen-bond acceptors (Lipinski definition) is 7. The van der Waals surface area contributed by atoms with Crippen LogP contribution in [-0.2, 0) is 4.79 Å². The zero-order valence-corrected chi connectivity index (χ0v) is 15.2. The minimum absolute atomic E-state index is 0.159. The molecule has 1 amide bonds. The van der Waals surface area contributed by atoms with Crippen molar-refractivity contribution in [3.63, 3.8) is 0 Å². The average molecular weight is 384 g/mol. The molecule has 1 aliphatic rings. The molecule has 0 unspecified atom stereocenters. The molecular formula is C18H16N4O4S. The van der Waals surface area contributed by atoms with Gasteiger partial charge in [-0.2, -0.15) is 0 Å². The summed E-state index contributed by atoms with van der Waals surface area (Å²) < 4.78 is 17.7. The lowest BCUT2D eigenvalue weighted by molar-refractivity contribution is -0.113. The number of aromatic nitrogens is 3. The molecule has 0 aliphatic carbocycles. The lowest BCUT2D eigenvalue weighted by Crippen LogP contribution is -2.14. The summed E-state index contributed by atoms with van der Waals surface area (Å²) in [5, 5.41) is 11.5. The molecule has 2 heterocycles. The highest BCUT2D eigenvalue weighted by molar-refractivity contribution is 7.99. The predicted octanol–water partition coefficient (Wildman–Crippen LogP) is 2.74. The van der Waals surface area contributed by atoms with Crippen LogP contribution < -0.4 is 19.5 Å². The number of carbonyl (C=O) groups is 1. The third-order valence-electron chi connectivity index (χ3n) is 3.85. The molecule has 0 radical (unpaired) electrons. The molecule has 1 N–H and O–H groups in total. The van der Waals surface area contributed by atoms with Crippen LogP contribution in [-0.4, -0.2) is 40.3 Å². The van der Waals surface area contributed by atoms with E-state index < -0.39 is 0 Å². The maximum atomic E-state index is 12.3. The number of methoxy groups -OCH3 is 1. The van der Waals surface area contributed by atoms with E-state index in [1.807, 2.05) is 24.3 Å². The number of nitrogens with one attached hydrogen (secondary N) is 1. The molecule has 0 atom stereocenters. The molecule has 2 aromatic carbocycles. The number of amides is 1. The molecule has 138 valence electrons. The molecular weight excluding hydrogens is 368 g/mol. The Bertz CT molecular complexity index is 976. The zero-order valence-electron chi connectivity index (χ0n) is 14.4. The van der Waals surface area contributed by atoms with E-state index in [1.54, 1.807) is 36.2 Å². The van der Waals surface area contributed by atoms with Crippen LogP contribution in [0.5, 0.6) is 17.2 Å². The van der Waals surface area contributed by atoms with Gasteiger partial charge in [-0.05, 0) is 24.3 Å². The van der Waals surface area contributed by atoms with Crippen molar-refractivity contribution < 1.29 is 19.0 Å². The Balaban J connectivity index is 1.42. The van der Waals surface area contributed by atoms with Gasteiger partial charge in [0.2, 0.25) is 12.7 Å². The summed E-state index contributed by atoms with van der Waals surface area (Å²) in [5.41, 5.74) is 1.46. The van der Waals surface area contributed by atoms with Crippen LogP contribution in [0.25, 0.3) is 5.69 Å². The van der Waals surface area contributed by atoms with Crippen LogP contribution in [0.4, 0.5) is 5.69 Å². The fourth-order valence-corrected chi connectivity index (χ4v) is 3.34. The van der Waals surface area contributed by atoms with E-state index in [4.69, 9.17) is 14.2 Å². The van der Waals surface area contributed by atoms with Gasteiger partial charge < -0.3 is 19.5 Å².